The van der Waals surface area contributed by atoms with Gasteiger partial charge >= 0.3 is 11.9 Å². The van der Waals surface area contributed by atoms with Crippen LogP contribution in [0.3, 0.4) is 0 Å². The number of carbonyl (C=O) groups excluding carboxylic acids is 2. The van der Waals surface area contributed by atoms with E-state index in [-0.39, 0.29) is 29.6 Å². The highest BCUT2D eigenvalue weighted by molar-refractivity contribution is 7.10. The minimum absolute atomic E-state index is 0.115. The zero-order chi connectivity index (χ0) is 40.0. The average Bonchev–Trinajstić information content (AvgIpc) is 3.47. The van der Waals surface area contributed by atoms with Gasteiger partial charge in [0.05, 0.1) is 23.3 Å². The number of nitrogens with zero attached hydrogens (tertiary/aromatic N) is 2. The Morgan fingerprint density at radius 2 is 1.35 bits per heavy atom. The van der Waals surface area contributed by atoms with Crippen LogP contribution in [0.2, 0.25) is 0 Å². The molecule has 1 saturated heterocycles. The Kier molecular flexibility index (Phi) is 16.5. The fraction of sp³-hybridized carbons (Fsp3) is 0.442. The van der Waals surface area contributed by atoms with Gasteiger partial charge in [0, 0.05) is 60.0 Å². The van der Waals surface area contributed by atoms with Crippen LogP contribution in [0.1, 0.15) is 85.4 Å². The second kappa shape index (κ2) is 20.8. The fourth-order valence-corrected chi connectivity index (χ4v) is 7.27. The lowest BCUT2D eigenvalue weighted by molar-refractivity contribution is -0.0461. The largest absolute Gasteiger partial charge is 0.457 e. The van der Waals surface area contributed by atoms with E-state index in [1.165, 1.54) is 22.7 Å². The van der Waals surface area contributed by atoms with Gasteiger partial charge in [0.25, 0.3) is 0 Å². The van der Waals surface area contributed by atoms with Crippen molar-refractivity contribution in [3.8, 4) is 0 Å². The summed E-state index contributed by atoms with van der Waals surface area (Å²) in [5, 5.41) is 30.0. The highest BCUT2D eigenvalue weighted by Gasteiger charge is 2.39. The molecular weight excluding hydrogens is 735 g/mol. The number of methoxy groups -OCH3 is 1. The van der Waals surface area contributed by atoms with Gasteiger partial charge in [-0.1, -0.05) is 119 Å². The van der Waals surface area contributed by atoms with Crippen LogP contribution in [0.5, 0.6) is 0 Å². The van der Waals surface area contributed by atoms with Crippen LogP contribution in [0, 0.1) is 10.8 Å². The number of nitrogens with one attached hydrogen (secondary N) is 1. The van der Waals surface area contributed by atoms with E-state index in [9.17, 15) is 19.8 Å². The van der Waals surface area contributed by atoms with Crippen molar-refractivity contribution in [2.75, 3.05) is 7.11 Å². The molecule has 2 aliphatic heterocycles. The van der Waals surface area contributed by atoms with E-state index in [0.717, 1.165) is 5.01 Å². The SMILES string of the molecule is C/C=C/[C@H](O)C(C)(C)[C@@H]1C\C=C/C=C\C=C\[C@H](OC)Cc2nc(cs2)C(=O)O[C@H](C(C)(C)[C@@H](O)/C=C/C)C/C=C\[C@H]2N[C@H]2/C=C/C=C\c2nc(cs2)C(=O)O1. The molecule has 2 aliphatic rings. The van der Waals surface area contributed by atoms with Crippen LogP contribution >= 0.6 is 22.7 Å². The van der Waals surface area contributed by atoms with Gasteiger partial charge in [-0.25, -0.2) is 19.6 Å². The topological polar surface area (TPSA) is 150 Å². The van der Waals surface area contributed by atoms with Gasteiger partial charge in [-0.15, -0.1) is 22.7 Å². The maximum atomic E-state index is 13.4. The number of hydrogen-bond acceptors (Lipinski definition) is 12. The number of aliphatic hydroxyl groups is 2. The number of esters is 2. The minimum atomic E-state index is -0.835. The normalized spacial score (nSPS) is 28.3. The van der Waals surface area contributed by atoms with E-state index < -0.39 is 47.2 Å². The maximum Gasteiger partial charge on any atom is 0.358 e. The molecule has 0 aromatic carbocycles. The van der Waals surface area contributed by atoms with Gasteiger partial charge in [0.15, 0.2) is 11.4 Å². The summed E-state index contributed by atoms with van der Waals surface area (Å²) in [6, 6.07) is 0.247. The quantitative estimate of drug-likeness (QED) is 0.144. The van der Waals surface area contributed by atoms with Gasteiger partial charge in [-0.3, -0.25) is 0 Å². The molecule has 296 valence electrons. The molecule has 3 N–H and O–H groups in total. The van der Waals surface area contributed by atoms with Crippen LogP contribution in [-0.2, 0) is 20.6 Å². The fourth-order valence-electron chi connectivity index (χ4n) is 5.77. The van der Waals surface area contributed by atoms with Crippen molar-refractivity contribution in [1.82, 2.24) is 15.3 Å². The summed E-state index contributed by atoms with van der Waals surface area (Å²) < 4.78 is 17.7. The Bertz CT molecular complexity index is 1810. The van der Waals surface area contributed by atoms with Gasteiger partial charge in [-0.05, 0) is 19.9 Å². The van der Waals surface area contributed by atoms with E-state index >= 15 is 0 Å². The number of carbonyl (C=O) groups is 2. The molecule has 0 spiro atoms. The van der Waals surface area contributed by atoms with Crippen LogP contribution in [-0.4, -0.2) is 81.8 Å². The second-order valence-electron chi connectivity index (χ2n) is 14.6. The van der Waals surface area contributed by atoms with Crippen molar-refractivity contribution in [3.63, 3.8) is 0 Å². The smallest absolute Gasteiger partial charge is 0.358 e. The zero-order valence-corrected chi connectivity index (χ0v) is 34.3. The molecule has 0 saturated carbocycles. The third-order valence-corrected chi connectivity index (χ3v) is 11.5. The summed E-state index contributed by atoms with van der Waals surface area (Å²) in [6.07, 6.45) is 28.0. The van der Waals surface area contributed by atoms with E-state index in [4.69, 9.17) is 14.2 Å². The van der Waals surface area contributed by atoms with Crippen molar-refractivity contribution in [2.24, 2.45) is 10.8 Å². The molecule has 0 radical (unpaired) electrons. The Balaban J connectivity index is 1.58. The molecule has 55 heavy (non-hydrogen) atoms. The number of rotatable bonds is 7. The van der Waals surface area contributed by atoms with Crippen molar-refractivity contribution < 1.29 is 34.0 Å². The first-order valence-corrected chi connectivity index (χ1v) is 20.3. The van der Waals surface area contributed by atoms with E-state index in [1.807, 2.05) is 114 Å². The number of allylic oxidation sites excluding steroid dienone is 8. The third kappa shape index (κ3) is 12.7. The van der Waals surface area contributed by atoms with Crippen molar-refractivity contribution in [3.05, 3.63) is 123 Å². The molecule has 0 unspecified atom stereocenters. The number of aliphatic hydroxyl groups excluding tert-OH is 2. The first kappa shape index (κ1) is 43.7. The predicted molar refractivity (Wildman–Crippen MR) is 221 cm³/mol. The lowest BCUT2D eigenvalue weighted by Crippen LogP contribution is -2.42. The summed E-state index contributed by atoms with van der Waals surface area (Å²) in [5.41, 5.74) is -1.13. The van der Waals surface area contributed by atoms with Crippen molar-refractivity contribution in [2.45, 2.75) is 103 Å². The Labute approximate surface area is 333 Å². The van der Waals surface area contributed by atoms with E-state index in [1.54, 1.807) is 42.2 Å². The van der Waals surface area contributed by atoms with Crippen LogP contribution in [0.4, 0.5) is 0 Å². The lowest BCUT2D eigenvalue weighted by atomic mass is 9.79. The Morgan fingerprint density at radius 1 is 0.782 bits per heavy atom. The monoisotopic (exact) mass is 789 g/mol. The molecule has 10 nitrogen and oxygen atoms in total. The highest BCUT2D eigenvalue weighted by atomic mass is 32.1. The zero-order valence-electron chi connectivity index (χ0n) is 32.7. The molecule has 12 heteroatoms. The Morgan fingerprint density at radius 3 is 1.98 bits per heavy atom. The molecule has 0 amide bonds. The molecule has 2 aromatic heterocycles. The van der Waals surface area contributed by atoms with Gasteiger partial charge in [-0.2, -0.15) is 0 Å². The van der Waals surface area contributed by atoms with Gasteiger partial charge in [0.2, 0.25) is 0 Å². The highest BCUT2D eigenvalue weighted by Crippen LogP contribution is 2.34. The predicted octanol–water partition coefficient (Wildman–Crippen LogP) is 7.76. The number of hydrogen-bond donors (Lipinski definition) is 3. The third-order valence-electron chi connectivity index (χ3n) is 9.77. The average molecular weight is 790 g/mol. The first-order valence-electron chi connectivity index (χ1n) is 18.5. The second-order valence-corrected chi connectivity index (χ2v) is 16.4. The number of thiazole rings is 2. The summed E-state index contributed by atoms with van der Waals surface area (Å²) >= 11 is 2.71. The lowest BCUT2D eigenvalue weighted by Gasteiger charge is -2.36. The minimum Gasteiger partial charge on any atom is -0.457 e. The Hall–Kier alpha value is -4.04. The molecular formula is C43H55N3O7S2. The summed E-state index contributed by atoms with van der Waals surface area (Å²) in [5.74, 6) is -1.09. The van der Waals surface area contributed by atoms with Crippen molar-refractivity contribution >= 4 is 40.7 Å². The van der Waals surface area contributed by atoms with E-state index in [2.05, 4.69) is 15.3 Å². The van der Waals surface area contributed by atoms with Crippen LogP contribution in [0.25, 0.3) is 6.08 Å². The summed E-state index contributed by atoms with van der Waals surface area (Å²) in [6.45, 7) is 11.2. The molecule has 2 aromatic rings. The number of fused-ring (bicyclic) bond motifs is 5. The summed E-state index contributed by atoms with van der Waals surface area (Å²) in [7, 11) is 1.62. The molecule has 0 aliphatic carbocycles. The molecule has 4 bridgehead atoms. The van der Waals surface area contributed by atoms with Gasteiger partial charge < -0.3 is 29.7 Å². The van der Waals surface area contributed by atoms with Crippen LogP contribution in [0.15, 0.2) is 102 Å². The summed E-state index contributed by atoms with van der Waals surface area (Å²) in [4.78, 5) is 35.7. The maximum absolute atomic E-state index is 13.4. The number of ether oxygens (including phenoxy) is 3. The number of aromatic nitrogens is 2. The molecule has 4 heterocycles. The molecule has 1 fully saturated rings. The molecule has 7 atom stereocenters. The first-order chi connectivity index (χ1) is 26.3. The van der Waals surface area contributed by atoms with E-state index in [0.29, 0.717) is 24.3 Å². The number of cyclic esters (lactones) is 2. The van der Waals surface area contributed by atoms with Gasteiger partial charge in [0.1, 0.15) is 17.2 Å². The molecule has 4 rings (SSSR count). The van der Waals surface area contributed by atoms with Crippen molar-refractivity contribution in [1.29, 1.82) is 0 Å². The standard InChI is InChI=1S/C43H55N3O7S2/c1-8-18-34(47)42(3,4)36-23-14-12-10-11-13-20-29(51-7)26-39-46-33(28-55-39)41(50)53-37(43(5,6)35(48)19-9-2)24-17-22-31-30(44-31)21-15-16-25-38-45-32(27-54-38)40(49)52-36/h8-22,25,27-31,34-37,44,47-48H,23-24,26H2,1-7H3/b11-10-,14-12-,18-8+,19-9+,20-13+,21-15+,22-17-,25-16-/t29-,30-,31+,34-,35-,36-,37-/m0/s1. The van der Waals surface area contributed by atoms with Crippen LogP contribution < -0.4 is 5.32 Å².